The number of barbiturate groups is 1. The van der Waals surface area contributed by atoms with Crippen LogP contribution in [0.15, 0.2) is 84.4 Å². The Balaban J connectivity index is 1.40. The highest BCUT2D eigenvalue weighted by Crippen LogP contribution is 2.37. The minimum atomic E-state index is -4.75. The fourth-order valence-electron chi connectivity index (χ4n) is 4.20. The number of halogens is 5. The van der Waals surface area contributed by atoms with Crippen LogP contribution in [-0.2, 0) is 22.4 Å². The highest BCUT2D eigenvalue weighted by Gasteiger charge is 2.39. The second-order valence-electron chi connectivity index (χ2n) is 8.74. The molecule has 1 aliphatic heterocycles. The maximum Gasteiger partial charge on any atom is 0.416 e. The molecule has 4 aromatic carbocycles. The first-order valence-electron chi connectivity index (χ1n) is 11.7. The molecule has 1 saturated heterocycles. The summed E-state index contributed by atoms with van der Waals surface area (Å²) in [5, 5.41) is 3.94. The van der Waals surface area contributed by atoms with E-state index in [4.69, 9.17) is 27.9 Å². The Kier molecular flexibility index (Phi) is 7.27. The van der Waals surface area contributed by atoms with E-state index in [1.807, 2.05) is 47.8 Å². The molecule has 1 heterocycles. The van der Waals surface area contributed by atoms with Gasteiger partial charge in [-0.3, -0.25) is 14.9 Å². The van der Waals surface area contributed by atoms with Crippen LogP contribution in [0.3, 0.4) is 0 Å². The van der Waals surface area contributed by atoms with Gasteiger partial charge in [0.1, 0.15) is 17.9 Å². The Morgan fingerprint density at radius 1 is 0.875 bits per heavy atom. The summed E-state index contributed by atoms with van der Waals surface area (Å²) in [6.45, 7) is 0.233. The van der Waals surface area contributed by atoms with Gasteiger partial charge in [-0.1, -0.05) is 71.7 Å². The van der Waals surface area contributed by atoms with E-state index in [-0.39, 0.29) is 16.7 Å². The summed E-state index contributed by atoms with van der Waals surface area (Å²) in [4.78, 5) is 38.5. The first-order valence-corrected chi connectivity index (χ1v) is 12.5. The number of carbonyl (C=O) groups excluding carboxylic acids is 3. The summed E-state index contributed by atoms with van der Waals surface area (Å²) in [7, 11) is 0. The van der Waals surface area contributed by atoms with E-state index in [2.05, 4.69) is 0 Å². The van der Waals surface area contributed by atoms with Crippen molar-refractivity contribution in [2.75, 3.05) is 4.90 Å². The van der Waals surface area contributed by atoms with Gasteiger partial charge in [0.05, 0.1) is 21.3 Å². The first-order chi connectivity index (χ1) is 19.0. The molecule has 0 aliphatic carbocycles. The molecule has 11 heteroatoms. The molecule has 6 nitrogen and oxygen atoms in total. The van der Waals surface area contributed by atoms with Gasteiger partial charge in [0, 0.05) is 0 Å². The molecule has 0 aromatic heterocycles. The number of benzene rings is 4. The average molecular weight is 585 g/mol. The highest BCUT2D eigenvalue weighted by atomic mass is 35.5. The third kappa shape index (κ3) is 5.38. The Hall–Kier alpha value is -4.34. The molecule has 40 heavy (non-hydrogen) atoms. The molecular formula is C29H17Cl2F3N2O4. The van der Waals surface area contributed by atoms with E-state index in [0.717, 1.165) is 22.4 Å². The third-order valence-electron chi connectivity index (χ3n) is 6.15. The van der Waals surface area contributed by atoms with Crippen LogP contribution in [0.1, 0.15) is 16.7 Å². The second kappa shape index (κ2) is 10.7. The molecule has 4 aromatic rings. The minimum absolute atomic E-state index is 0.187. The zero-order chi connectivity index (χ0) is 28.6. The van der Waals surface area contributed by atoms with Crippen molar-refractivity contribution in [2.45, 2.75) is 12.8 Å². The van der Waals surface area contributed by atoms with Crippen LogP contribution in [0.25, 0.3) is 16.8 Å². The van der Waals surface area contributed by atoms with Crippen LogP contribution in [0.4, 0.5) is 23.7 Å². The van der Waals surface area contributed by atoms with Crippen molar-refractivity contribution in [3.8, 4) is 5.75 Å². The zero-order valence-electron chi connectivity index (χ0n) is 20.3. The smallest absolute Gasteiger partial charge is 0.416 e. The molecule has 0 saturated carbocycles. The predicted molar refractivity (Wildman–Crippen MR) is 145 cm³/mol. The number of nitrogens with zero attached hydrogens (tertiary/aromatic N) is 1. The number of hydrogen-bond acceptors (Lipinski definition) is 4. The number of imide groups is 2. The number of urea groups is 1. The standard InChI is InChI=1S/C29H17Cl2F3N2O4/c30-22-10-9-19(29(32,33)34)14-24(22)36-27(38)21(26(37)35-28(36)39)12-16-8-11-25(23(31)13-16)40-15-18-6-3-5-17-4-1-2-7-20(17)18/h1-14H,15H2,(H,35,37,39)/b21-12-. The molecule has 4 amide bonds. The van der Waals surface area contributed by atoms with Crippen LogP contribution in [0.5, 0.6) is 5.75 Å². The largest absolute Gasteiger partial charge is 0.487 e. The molecule has 0 bridgehead atoms. The van der Waals surface area contributed by atoms with E-state index in [0.29, 0.717) is 28.3 Å². The van der Waals surface area contributed by atoms with Crippen molar-refractivity contribution in [2.24, 2.45) is 0 Å². The molecule has 0 unspecified atom stereocenters. The number of rotatable bonds is 5. The maximum absolute atomic E-state index is 13.2. The molecule has 0 radical (unpaired) electrons. The molecule has 1 N–H and O–H groups in total. The van der Waals surface area contributed by atoms with Crippen LogP contribution >= 0.6 is 23.2 Å². The molecule has 1 aliphatic rings. The number of amides is 4. The van der Waals surface area contributed by atoms with Crippen LogP contribution in [0, 0.1) is 0 Å². The van der Waals surface area contributed by atoms with Gasteiger partial charge in [0.2, 0.25) is 0 Å². The maximum atomic E-state index is 13.2. The summed E-state index contributed by atoms with van der Waals surface area (Å²) >= 11 is 12.4. The Bertz CT molecular complexity index is 1710. The van der Waals surface area contributed by atoms with Crippen LogP contribution in [-0.4, -0.2) is 17.8 Å². The lowest BCUT2D eigenvalue weighted by Crippen LogP contribution is -2.54. The zero-order valence-corrected chi connectivity index (χ0v) is 21.8. The topological polar surface area (TPSA) is 75.7 Å². The molecule has 5 rings (SSSR count). The number of nitrogens with one attached hydrogen (secondary N) is 1. The van der Waals surface area contributed by atoms with Crippen molar-refractivity contribution in [1.29, 1.82) is 0 Å². The molecule has 202 valence electrons. The van der Waals surface area contributed by atoms with Crippen molar-refractivity contribution in [1.82, 2.24) is 5.32 Å². The average Bonchev–Trinajstić information content (AvgIpc) is 2.91. The number of alkyl halides is 3. The van der Waals surface area contributed by atoms with Gasteiger partial charge in [-0.05, 0) is 58.3 Å². The number of ether oxygens (including phenoxy) is 1. The van der Waals surface area contributed by atoms with Crippen LogP contribution < -0.4 is 15.0 Å². The van der Waals surface area contributed by atoms with Crippen molar-refractivity contribution in [3.63, 3.8) is 0 Å². The highest BCUT2D eigenvalue weighted by molar-refractivity contribution is 6.42. The van der Waals surface area contributed by atoms with Gasteiger partial charge in [-0.25, -0.2) is 9.69 Å². The SMILES string of the molecule is O=C1NC(=O)N(c2cc(C(F)(F)F)ccc2Cl)C(=O)/C1=C\c1ccc(OCc2cccc3ccccc23)c(Cl)c1. The number of anilines is 1. The third-order valence-corrected chi connectivity index (χ3v) is 6.76. The van der Waals surface area contributed by atoms with E-state index >= 15 is 0 Å². The van der Waals surface area contributed by atoms with Crippen molar-refractivity contribution in [3.05, 3.63) is 111 Å². The molecule has 0 spiro atoms. The van der Waals surface area contributed by atoms with Crippen molar-refractivity contribution >= 4 is 63.6 Å². The normalized spacial score (nSPS) is 15.1. The second-order valence-corrected chi connectivity index (χ2v) is 9.55. The Labute approximate surface area is 235 Å². The van der Waals surface area contributed by atoms with Crippen LogP contribution in [0.2, 0.25) is 10.0 Å². The van der Waals surface area contributed by atoms with Gasteiger partial charge >= 0.3 is 12.2 Å². The Morgan fingerprint density at radius 2 is 1.62 bits per heavy atom. The minimum Gasteiger partial charge on any atom is -0.487 e. The van der Waals surface area contributed by atoms with Gasteiger partial charge in [-0.15, -0.1) is 0 Å². The monoisotopic (exact) mass is 584 g/mol. The van der Waals surface area contributed by atoms with E-state index in [1.165, 1.54) is 18.2 Å². The number of hydrogen-bond donors (Lipinski definition) is 1. The lowest BCUT2D eigenvalue weighted by molar-refractivity contribution is -0.137. The van der Waals surface area contributed by atoms with Gasteiger partial charge < -0.3 is 4.74 Å². The fourth-order valence-corrected chi connectivity index (χ4v) is 4.65. The fraction of sp³-hybridized carbons (Fsp3) is 0.0690. The first kappa shape index (κ1) is 27.2. The van der Waals surface area contributed by atoms with Gasteiger partial charge in [0.25, 0.3) is 11.8 Å². The lowest BCUT2D eigenvalue weighted by atomic mass is 10.1. The summed E-state index contributed by atoms with van der Waals surface area (Å²) in [5.41, 5.74) is -0.893. The lowest BCUT2D eigenvalue weighted by Gasteiger charge is -2.27. The predicted octanol–water partition coefficient (Wildman–Crippen LogP) is 7.41. The summed E-state index contributed by atoms with van der Waals surface area (Å²) in [6, 6.07) is 19.2. The summed E-state index contributed by atoms with van der Waals surface area (Å²) in [6.07, 6.45) is -3.59. The quantitative estimate of drug-likeness (QED) is 0.196. The molecule has 1 fully saturated rings. The number of carbonyl (C=O) groups is 3. The number of fused-ring (bicyclic) bond motifs is 1. The molecule has 0 atom stereocenters. The van der Waals surface area contributed by atoms with Gasteiger partial charge in [-0.2, -0.15) is 13.2 Å². The summed E-state index contributed by atoms with van der Waals surface area (Å²) in [5.74, 6) is -1.83. The summed E-state index contributed by atoms with van der Waals surface area (Å²) < 4.78 is 45.6. The van der Waals surface area contributed by atoms with E-state index < -0.39 is 40.8 Å². The van der Waals surface area contributed by atoms with E-state index in [9.17, 15) is 27.6 Å². The van der Waals surface area contributed by atoms with E-state index in [1.54, 1.807) is 6.07 Å². The van der Waals surface area contributed by atoms with Crippen molar-refractivity contribution < 1.29 is 32.3 Å². The molecular weight excluding hydrogens is 568 g/mol. The Morgan fingerprint density at radius 3 is 2.38 bits per heavy atom. The van der Waals surface area contributed by atoms with Gasteiger partial charge in [0.15, 0.2) is 0 Å².